The molecule has 0 radical (unpaired) electrons. The lowest BCUT2D eigenvalue weighted by atomic mass is 10.0. The monoisotopic (exact) mass is 182 g/mol. The van der Waals surface area contributed by atoms with E-state index in [9.17, 15) is 4.79 Å². The lowest BCUT2D eigenvalue weighted by Crippen LogP contribution is -2.48. The lowest BCUT2D eigenvalue weighted by Gasteiger charge is -2.30. The van der Waals surface area contributed by atoms with Crippen molar-refractivity contribution in [2.75, 3.05) is 13.7 Å². The Balaban J connectivity index is 4.67. The number of nitriles is 1. The molecule has 0 fully saturated rings. The van der Waals surface area contributed by atoms with Gasteiger partial charge in [-0.05, 0) is 13.8 Å². The minimum atomic E-state index is -0.933. The summed E-state index contributed by atoms with van der Waals surface area (Å²) in [6, 6.07) is 0. The molecule has 0 heterocycles. The maximum atomic E-state index is 11.3. The molecule has 0 bridgehead atoms. The zero-order chi connectivity index (χ0) is 10.5. The first-order valence-corrected chi connectivity index (χ1v) is 3.87. The van der Waals surface area contributed by atoms with Gasteiger partial charge in [0, 0.05) is 6.54 Å². The molecule has 0 rings (SSSR count). The van der Waals surface area contributed by atoms with Crippen molar-refractivity contribution in [2.24, 2.45) is 0 Å². The molecule has 0 aromatic carbocycles. The third kappa shape index (κ3) is 2.48. The topological polar surface area (TPSA) is 53.3 Å². The van der Waals surface area contributed by atoms with E-state index in [1.807, 2.05) is 6.19 Å². The second-order valence-electron chi connectivity index (χ2n) is 3.05. The van der Waals surface area contributed by atoms with Gasteiger partial charge in [0.05, 0.1) is 7.11 Å². The Hall–Kier alpha value is -1.50. The number of hydrogen-bond acceptors (Lipinski definition) is 4. The molecule has 4 heteroatoms. The molecule has 0 spiro atoms. The fourth-order valence-corrected chi connectivity index (χ4v) is 0.883. The number of hydrogen-bond donors (Lipinski definition) is 0. The van der Waals surface area contributed by atoms with Gasteiger partial charge in [0.1, 0.15) is 5.54 Å². The first-order chi connectivity index (χ1) is 6.00. The molecule has 0 aromatic heterocycles. The van der Waals surface area contributed by atoms with Gasteiger partial charge >= 0.3 is 5.97 Å². The normalized spacial score (nSPS) is 10.0. The predicted molar refractivity (Wildman–Crippen MR) is 48.6 cm³/mol. The van der Waals surface area contributed by atoms with Crippen LogP contribution in [0.1, 0.15) is 13.8 Å². The van der Waals surface area contributed by atoms with Gasteiger partial charge in [0.2, 0.25) is 0 Å². The Morgan fingerprint density at radius 1 is 1.77 bits per heavy atom. The Bertz CT molecular complexity index is 240. The second-order valence-corrected chi connectivity index (χ2v) is 3.05. The van der Waals surface area contributed by atoms with Gasteiger partial charge in [0.15, 0.2) is 6.19 Å². The quantitative estimate of drug-likeness (QED) is 0.280. The standard InChI is InChI=1S/C9H14N2O2/c1-5-6-11(7-10)9(2,3)8(12)13-4/h5H,1,6H2,2-4H3. The maximum Gasteiger partial charge on any atom is 0.331 e. The average molecular weight is 182 g/mol. The molecule has 0 aliphatic rings. The lowest BCUT2D eigenvalue weighted by molar-refractivity contribution is -0.150. The highest BCUT2D eigenvalue weighted by molar-refractivity contribution is 5.80. The van der Waals surface area contributed by atoms with Crippen LogP contribution >= 0.6 is 0 Å². The van der Waals surface area contributed by atoms with Crippen LogP contribution in [0, 0.1) is 11.5 Å². The molecule has 0 saturated carbocycles. The van der Waals surface area contributed by atoms with E-state index >= 15 is 0 Å². The minimum Gasteiger partial charge on any atom is -0.467 e. The van der Waals surface area contributed by atoms with Crippen molar-refractivity contribution >= 4 is 5.97 Å². The second kappa shape index (κ2) is 4.51. The van der Waals surface area contributed by atoms with Crippen LogP contribution in [0.15, 0.2) is 12.7 Å². The molecule has 0 N–H and O–H groups in total. The van der Waals surface area contributed by atoms with Gasteiger partial charge in [-0.25, -0.2) is 4.79 Å². The van der Waals surface area contributed by atoms with E-state index < -0.39 is 11.5 Å². The third-order valence-corrected chi connectivity index (χ3v) is 1.79. The predicted octanol–water partition coefficient (Wildman–Crippen LogP) is 0.907. The van der Waals surface area contributed by atoms with Crippen molar-refractivity contribution in [3.63, 3.8) is 0 Å². The van der Waals surface area contributed by atoms with E-state index in [4.69, 9.17) is 5.26 Å². The largest absolute Gasteiger partial charge is 0.467 e. The van der Waals surface area contributed by atoms with Gasteiger partial charge in [-0.3, -0.25) is 4.90 Å². The zero-order valence-electron chi connectivity index (χ0n) is 8.20. The molecule has 13 heavy (non-hydrogen) atoms. The molecule has 0 aliphatic heterocycles. The first kappa shape index (κ1) is 11.5. The summed E-state index contributed by atoms with van der Waals surface area (Å²) in [6.45, 7) is 7.10. The molecule has 72 valence electrons. The summed E-state index contributed by atoms with van der Waals surface area (Å²) in [5.41, 5.74) is -0.933. The molecule has 0 atom stereocenters. The minimum absolute atomic E-state index is 0.332. The van der Waals surface area contributed by atoms with Crippen LogP contribution in [0.25, 0.3) is 0 Å². The van der Waals surface area contributed by atoms with Gasteiger partial charge in [-0.2, -0.15) is 5.26 Å². The van der Waals surface area contributed by atoms with Crippen LogP contribution in [0.3, 0.4) is 0 Å². The van der Waals surface area contributed by atoms with Crippen molar-refractivity contribution < 1.29 is 9.53 Å². The molecule has 0 unspecified atom stereocenters. The average Bonchev–Trinajstić information content (AvgIpc) is 2.12. The van der Waals surface area contributed by atoms with Crippen LogP contribution < -0.4 is 0 Å². The summed E-state index contributed by atoms with van der Waals surface area (Å²) in [6.07, 6.45) is 3.48. The Morgan fingerprint density at radius 2 is 2.31 bits per heavy atom. The highest BCUT2D eigenvalue weighted by Gasteiger charge is 2.34. The summed E-state index contributed by atoms with van der Waals surface area (Å²) < 4.78 is 4.58. The van der Waals surface area contributed by atoms with E-state index in [0.717, 1.165) is 0 Å². The SMILES string of the molecule is C=CCN(C#N)C(C)(C)C(=O)OC. The van der Waals surface area contributed by atoms with Gasteiger partial charge < -0.3 is 4.74 Å². The van der Waals surface area contributed by atoms with Crippen molar-refractivity contribution in [2.45, 2.75) is 19.4 Å². The van der Waals surface area contributed by atoms with Crippen molar-refractivity contribution in [1.29, 1.82) is 5.26 Å². The summed E-state index contributed by atoms with van der Waals surface area (Å²) >= 11 is 0. The molecule has 4 nitrogen and oxygen atoms in total. The highest BCUT2D eigenvalue weighted by Crippen LogP contribution is 2.14. The maximum absolute atomic E-state index is 11.3. The highest BCUT2D eigenvalue weighted by atomic mass is 16.5. The number of esters is 1. The van der Waals surface area contributed by atoms with E-state index in [0.29, 0.717) is 6.54 Å². The fraction of sp³-hybridized carbons (Fsp3) is 0.556. The van der Waals surface area contributed by atoms with Gasteiger partial charge in [0.25, 0.3) is 0 Å². The van der Waals surface area contributed by atoms with Crippen LogP contribution in [-0.2, 0) is 9.53 Å². The number of carbonyl (C=O) groups is 1. The van der Waals surface area contributed by atoms with E-state index in [-0.39, 0.29) is 0 Å². The third-order valence-electron chi connectivity index (χ3n) is 1.79. The number of carbonyl (C=O) groups excluding carboxylic acids is 1. The fourth-order valence-electron chi connectivity index (χ4n) is 0.883. The Kier molecular flexibility index (Phi) is 3.99. The van der Waals surface area contributed by atoms with Crippen LogP contribution in [-0.4, -0.2) is 30.1 Å². The summed E-state index contributed by atoms with van der Waals surface area (Å²) in [7, 11) is 1.30. The van der Waals surface area contributed by atoms with E-state index in [1.165, 1.54) is 12.0 Å². The van der Waals surface area contributed by atoms with Crippen LogP contribution in [0.4, 0.5) is 0 Å². The zero-order valence-corrected chi connectivity index (χ0v) is 8.20. The van der Waals surface area contributed by atoms with Crippen molar-refractivity contribution in [1.82, 2.24) is 4.90 Å². The Morgan fingerprint density at radius 3 is 2.62 bits per heavy atom. The molecule has 0 saturated heterocycles. The molecule has 0 aliphatic carbocycles. The van der Waals surface area contributed by atoms with E-state index in [2.05, 4.69) is 11.3 Å². The first-order valence-electron chi connectivity index (χ1n) is 3.87. The van der Waals surface area contributed by atoms with Crippen molar-refractivity contribution in [3.05, 3.63) is 12.7 Å². The number of methoxy groups -OCH3 is 1. The summed E-state index contributed by atoms with van der Waals surface area (Å²) in [4.78, 5) is 12.6. The van der Waals surface area contributed by atoms with Gasteiger partial charge in [-0.15, -0.1) is 6.58 Å². The van der Waals surface area contributed by atoms with Crippen LogP contribution in [0.5, 0.6) is 0 Å². The van der Waals surface area contributed by atoms with Crippen molar-refractivity contribution in [3.8, 4) is 6.19 Å². The molecular formula is C9H14N2O2. The number of rotatable bonds is 4. The van der Waals surface area contributed by atoms with E-state index in [1.54, 1.807) is 19.9 Å². The van der Waals surface area contributed by atoms with Crippen LogP contribution in [0.2, 0.25) is 0 Å². The smallest absolute Gasteiger partial charge is 0.331 e. The molecule has 0 aromatic rings. The summed E-state index contributed by atoms with van der Waals surface area (Å²) in [5.74, 6) is -0.434. The summed E-state index contributed by atoms with van der Waals surface area (Å²) in [5, 5.41) is 8.76. The Labute approximate surface area is 78.4 Å². The van der Waals surface area contributed by atoms with Gasteiger partial charge in [-0.1, -0.05) is 6.08 Å². The molecular weight excluding hydrogens is 168 g/mol. The number of ether oxygens (including phenoxy) is 1. The molecule has 0 amide bonds. The number of nitrogens with zero attached hydrogens (tertiary/aromatic N) is 2.